The minimum absolute atomic E-state index is 0.136. The van der Waals surface area contributed by atoms with Crippen LogP contribution in [0.1, 0.15) is 0 Å². The standard InChI is InChI=1S/C3H7Cl2P/c4-1-3(5)2-6/h3H,1-2,6H2. The van der Waals surface area contributed by atoms with E-state index in [4.69, 9.17) is 23.2 Å². The average molecular weight is 145 g/mol. The zero-order valence-corrected chi connectivity index (χ0v) is 5.99. The van der Waals surface area contributed by atoms with E-state index in [-0.39, 0.29) is 5.38 Å². The smallest absolute Gasteiger partial charge is 0.0505 e. The Hall–Kier alpha value is 1.01. The molecule has 0 amide bonds. The van der Waals surface area contributed by atoms with Gasteiger partial charge in [-0.1, -0.05) is 0 Å². The molecular formula is C3H7Cl2P. The topological polar surface area (TPSA) is 0 Å². The van der Waals surface area contributed by atoms with Gasteiger partial charge < -0.3 is 0 Å². The predicted molar refractivity (Wildman–Crippen MR) is 34.9 cm³/mol. The second-order valence-electron chi connectivity index (χ2n) is 0.987. The molecule has 0 radical (unpaired) electrons. The van der Waals surface area contributed by atoms with Gasteiger partial charge in [0, 0.05) is 5.88 Å². The molecule has 0 aromatic carbocycles. The van der Waals surface area contributed by atoms with Gasteiger partial charge in [0.25, 0.3) is 0 Å². The second-order valence-corrected chi connectivity index (χ2v) is 2.38. The summed E-state index contributed by atoms with van der Waals surface area (Å²) >= 11 is 10.8. The van der Waals surface area contributed by atoms with Crippen molar-refractivity contribution in [3.8, 4) is 0 Å². The summed E-state index contributed by atoms with van der Waals surface area (Å²) in [5.74, 6) is 0.547. The van der Waals surface area contributed by atoms with E-state index >= 15 is 0 Å². The van der Waals surface area contributed by atoms with Gasteiger partial charge in [0.05, 0.1) is 5.38 Å². The average Bonchev–Trinajstić information content (AvgIpc) is 1.65. The molecule has 0 rings (SSSR count). The molecule has 0 aliphatic rings. The van der Waals surface area contributed by atoms with Crippen LogP contribution >= 0.6 is 32.4 Å². The lowest BCUT2D eigenvalue weighted by Crippen LogP contribution is -1.99. The number of rotatable bonds is 2. The maximum Gasteiger partial charge on any atom is 0.0505 e. The maximum atomic E-state index is 5.50. The lowest BCUT2D eigenvalue weighted by atomic mass is 10.6. The normalized spacial score (nSPS) is 14.5. The van der Waals surface area contributed by atoms with Crippen LogP contribution in [0.4, 0.5) is 0 Å². The Kier molecular flexibility index (Phi) is 4.88. The first-order valence-electron chi connectivity index (χ1n) is 1.71. The van der Waals surface area contributed by atoms with Crippen LogP contribution in [0.15, 0.2) is 0 Å². The minimum atomic E-state index is 0.136. The fourth-order valence-electron chi connectivity index (χ4n) is 0.0630. The van der Waals surface area contributed by atoms with Gasteiger partial charge in [-0.2, -0.15) is 0 Å². The molecule has 0 saturated carbocycles. The van der Waals surface area contributed by atoms with Gasteiger partial charge in [0.15, 0.2) is 0 Å². The highest BCUT2D eigenvalue weighted by Crippen LogP contribution is 2.00. The summed E-state index contributed by atoms with van der Waals surface area (Å²) in [6.07, 6.45) is 0.880. The zero-order valence-electron chi connectivity index (χ0n) is 3.32. The maximum absolute atomic E-state index is 5.50. The molecule has 0 N–H and O–H groups in total. The molecule has 0 spiro atoms. The number of alkyl halides is 2. The first kappa shape index (κ1) is 7.01. The highest BCUT2D eigenvalue weighted by atomic mass is 35.5. The van der Waals surface area contributed by atoms with Crippen LogP contribution in [0.2, 0.25) is 0 Å². The highest BCUT2D eigenvalue weighted by Gasteiger charge is 1.93. The third-order valence-corrected chi connectivity index (χ3v) is 2.15. The van der Waals surface area contributed by atoms with Crippen molar-refractivity contribution < 1.29 is 0 Å². The summed E-state index contributed by atoms with van der Waals surface area (Å²) < 4.78 is 0. The molecule has 0 aliphatic carbocycles. The van der Waals surface area contributed by atoms with Crippen molar-refractivity contribution in [3.05, 3.63) is 0 Å². The lowest BCUT2D eigenvalue weighted by molar-refractivity contribution is 1.13. The Morgan fingerprint density at radius 1 is 1.67 bits per heavy atom. The molecule has 2 atom stereocenters. The van der Waals surface area contributed by atoms with Crippen LogP contribution in [0.25, 0.3) is 0 Å². The van der Waals surface area contributed by atoms with Crippen LogP contribution in [0.5, 0.6) is 0 Å². The van der Waals surface area contributed by atoms with Gasteiger partial charge in [-0.25, -0.2) is 0 Å². The van der Waals surface area contributed by atoms with Gasteiger partial charge in [-0.05, 0) is 6.16 Å². The van der Waals surface area contributed by atoms with Gasteiger partial charge in [-0.15, -0.1) is 32.4 Å². The largest absolute Gasteiger partial charge is 0.136 e. The Morgan fingerprint density at radius 3 is 2.17 bits per heavy atom. The Balaban J connectivity index is 2.75. The molecule has 0 aromatic heterocycles. The first-order valence-corrected chi connectivity index (χ1v) is 3.50. The number of hydrogen-bond acceptors (Lipinski definition) is 0. The van der Waals surface area contributed by atoms with Crippen LogP contribution in [-0.2, 0) is 0 Å². The fourth-order valence-corrected chi connectivity index (χ4v) is 0.567. The molecule has 0 fully saturated rings. The quantitative estimate of drug-likeness (QED) is 0.409. The van der Waals surface area contributed by atoms with Gasteiger partial charge in [0.1, 0.15) is 0 Å². The van der Waals surface area contributed by atoms with Crippen molar-refractivity contribution in [1.82, 2.24) is 0 Å². The van der Waals surface area contributed by atoms with E-state index in [1.54, 1.807) is 0 Å². The summed E-state index contributed by atoms with van der Waals surface area (Å²) in [6.45, 7) is 0. The van der Waals surface area contributed by atoms with Crippen molar-refractivity contribution in [1.29, 1.82) is 0 Å². The van der Waals surface area contributed by atoms with Crippen molar-refractivity contribution >= 4 is 32.4 Å². The molecule has 38 valence electrons. The van der Waals surface area contributed by atoms with Crippen molar-refractivity contribution in [3.63, 3.8) is 0 Å². The lowest BCUT2D eigenvalue weighted by Gasteiger charge is -1.94. The molecule has 6 heavy (non-hydrogen) atoms. The van der Waals surface area contributed by atoms with E-state index in [1.165, 1.54) is 0 Å². The Bertz CT molecular complexity index is 28.0. The molecule has 0 saturated heterocycles. The molecule has 0 nitrogen and oxygen atoms in total. The second kappa shape index (κ2) is 4.18. The van der Waals surface area contributed by atoms with Gasteiger partial charge in [-0.3, -0.25) is 0 Å². The van der Waals surface area contributed by atoms with E-state index in [0.29, 0.717) is 5.88 Å². The van der Waals surface area contributed by atoms with Crippen molar-refractivity contribution in [2.75, 3.05) is 12.0 Å². The van der Waals surface area contributed by atoms with Gasteiger partial charge >= 0.3 is 0 Å². The van der Waals surface area contributed by atoms with Crippen LogP contribution in [0.3, 0.4) is 0 Å². The summed E-state index contributed by atoms with van der Waals surface area (Å²) in [5.41, 5.74) is 0. The first-order chi connectivity index (χ1) is 2.81. The highest BCUT2D eigenvalue weighted by molar-refractivity contribution is 7.16. The van der Waals surface area contributed by atoms with Crippen molar-refractivity contribution in [2.45, 2.75) is 5.38 Å². The third-order valence-electron chi connectivity index (χ3n) is 0.423. The summed E-state index contributed by atoms with van der Waals surface area (Å²) in [4.78, 5) is 0. The summed E-state index contributed by atoms with van der Waals surface area (Å²) in [6, 6.07) is 0. The summed E-state index contributed by atoms with van der Waals surface area (Å²) in [5, 5.41) is 0.136. The van der Waals surface area contributed by atoms with Gasteiger partial charge in [0.2, 0.25) is 0 Å². The number of halogens is 2. The Morgan fingerprint density at radius 2 is 2.17 bits per heavy atom. The fraction of sp³-hybridized carbons (Fsp3) is 1.00. The van der Waals surface area contributed by atoms with E-state index in [2.05, 4.69) is 9.24 Å². The minimum Gasteiger partial charge on any atom is -0.136 e. The van der Waals surface area contributed by atoms with Crippen LogP contribution in [0, 0.1) is 0 Å². The predicted octanol–water partition coefficient (Wildman–Crippen LogP) is 1.71. The number of hydrogen-bond donors (Lipinski definition) is 0. The van der Waals surface area contributed by atoms with Crippen LogP contribution in [-0.4, -0.2) is 17.4 Å². The molecule has 0 aromatic rings. The van der Waals surface area contributed by atoms with E-state index in [9.17, 15) is 0 Å². The molecule has 0 aliphatic heterocycles. The van der Waals surface area contributed by atoms with E-state index in [0.717, 1.165) is 6.16 Å². The monoisotopic (exact) mass is 144 g/mol. The van der Waals surface area contributed by atoms with Crippen molar-refractivity contribution in [2.24, 2.45) is 0 Å². The molecule has 2 unspecified atom stereocenters. The third kappa shape index (κ3) is 3.21. The Labute approximate surface area is 50.4 Å². The van der Waals surface area contributed by atoms with Crippen LogP contribution < -0.4 is 0 Å². The van der Waals surface area contributed by atoms with E-state index < -0.39 is 0 Å². The summed E-state index contributed by atoms with van der Waals surface area (Å²) in [7, 11) is 2.52. The SMILES string of the molecule is PCC(Cl)CCl. The van der Waals surface area contributed by atoms with E-state index in [1.807, 2.05) is 0 Å². The molecule has 0 heterocycles. The molecule has 3 heteroatoms. The zero-order chi connectivity index (χ0) is 4.99. The molecular weight excluding hydrogens is 138 g/mol. The molecule has 0 bridgehead atoms.